The van der Waals surface area contributed by atoms with Crippen molar-refractivity contribution in [3.8, 4) is 0 Å². The maximum absolute atomic E-state index is 13.6. The van der Waals surface area contributed by atoms with Gasteiger partial charge in [-0.25, -0.2) is 4.90 Å². The molecule has 1 aliphatic heterocycles. The number of imide groups is 1. The minimum absolute atomic E-state index is 0.0913. The van der Waals surface area contributed by atoms with E-state index < -0.39 is 16.7 Å². The standard InChI is InChI=1S/C26H23N3O4/c1-15-8-13-21(17(3)14-15)27-24-23(19-9-11-20(12-10-19)29(32)33)25(30)28(26(24)31)22-7-5-6-16(2)18(22)4/h5-14,27H,1-4H3. The molecule has 33 heavy (non-hydrogen) atoms. The topological polar surface area (TPSA) is 92.6 Å². The highest BCUT2D eigenvalue weighted by Crippen LogP contribution is 2.36. The Morgan fingerprint density at radius 1 is 0.848 bits per heavy atom. The number of aryl methyl sites for hydroxylation is 3. The number of carbonyl (C=O) groups excluding carboxylic acids is 2. The van der Waals surface area contributed by atoms with Gasteiger partial charge < -0.3 is 5.32 Å². The van der Waals surface area contributed by atoms with Crippen LogP contribution >= 0.6 is 0 Å². The summed E-state index contributed by atoms with van der Waals surface area (Å²) >= 11 is 0. The Morgan fingerprint density at radius 2 is 1.55 bits per heavy atom. The summed E-state index contributed by atoms with van der Waals surface area (Å²) in [5.41, 5.74) is 5.67. The predicted molar refractivity (Wildman–Crippen MR) is 128 cm³/mol. The van der Waals surface area contributed by atoms with Gasteiger partial charge in [-0.2, -0.15) is 0 Å². The van der Waals surface area contributed by atoms with Crippen LogP contribution in [0.1, 0.15) is 27.8 Å². The number of nitro benzene ring substituents is 1. The first kappa shape index (κ1) is 22.0. The zero-order valence-corrected chi connectivity index (χ0v) is 18.8. The Labute approximate surface area is 191 Å². The monoisotopic (exact) mass is 441 g/mol. The lowest BCUT2D eigenvalue weighted by atomic mass is 10.0. The smallest absolute Gasteiger partial charge is 0.282 e. The van der Waals surface area contributed by atoms with Crippen molar-refractivity contribution in [1.29, 1.82) is 0 Å². The van der Waals surface area contributed by atoms with Crippen LogP contribution in [0.2, 0.25) is 0 Å². The van der Waals surface area contributed by atoms with Crippen LogP contribution in [-0.2, 0) is 9.59 Å². The molecule has 0 bridgehead atoms. The number of anilines is 2. The van der Waals surface area contributed by atoms with Gasteiger partial charge in [0.05, 0.1) is 16.2 Å². The van der Waals surface area contributed by atoms with E-state index >= 15 is 0 Å². The largest absolute Gasteiger partial charge is 0.350 e. The Morgan fingerprint density at radius 3 is 2.18 bits per heavy atom. The quantitative estimate of drug-likeness (QED) is 0.333. The van der Waals surface area contributed by atoms with Gasteiger partial charge in [0.15, 0.2) is 0 Å². The zero-order chi connectivity index (χ0) is 23.9. The molecule has 0 aliphatic carbocycles. The minimum atomic E-state index is -0.503. The van der Waals surface area contributed by atoms with Gasteiger partial charge in [0.2, 0.25) is 0 Å². The Bertz CT molecular complexity index is 1340. The highest BCUT2D eigenvalue weighted by atomic mass is 16.6. The third-order valence-electron chi connectivity index (χ3n) is 5.91. The van der Waals surface area contributed by atoms with Gasteiger partial charge in [-0.3, -0.25) is 19.7 Å². The van der Waals surface area contributed by atoms with Crippen molar-refractivity contribution < 1.29 is 14.5 Å². The highest BCUT2D eigenvalue weighted by molar-refractivity contribution is 6.46. The molecule has 3 aromatic rings. The summed E-state index contributed by atoms with van der Waals surface area (Å²) < 4.78 is 0. The molecule has 0 atom stereocenters. The summed E-state index contributed by atoms with van der Waals surface area (Å²) in [6, 6.07) is 16.9. The van der Waals surface area contributed by atoms with Crippen LogP contribution < -0.4 is 10.2 Å². The second-order valence-corrected chi connectivity index (χ2v) is 8.16. The van der Waals surface area contributed by atoms with Crippen molar-refractivity contribution in [2.75, 3.05) is 10.2 Å². The van der Waals surface area contributed by atoms with Crippen molar-refractivity contribution in [3.63, 3.8) is 0 Å². The number of nitrogens with zero attached hydrogens (tertiary/aromatic N) is 2. The molecule has 0 saturated carbocycles. The lowest BCUT2D eigenvalue weighted by Gasteiger charge is -2.19. The number of nitrogens with one attached hydrogen (secondary N) is 1. The number of benzene rings is 3. The minimum Gasteiger partial charge on any atom is -0.350 e. The molecule has 2 amide bonds. The molecule has 4 rings (SSSR count). The molecular weight excluding hydrogens is 418 g/mol. The zero-order valence-electron chi connectivity index (χ0n) is 18.8. The molecule has 3 aromatic carbocycles. The normalized spacial score (nSPS) is 13.6. The molecule has 166 valence electrons. The highest BCUT2D eigenvalue weighted by Gasteiger charge is 2.41. The first-order chi connectivity index (χ1) is 15.7. The lowest BCUT2D eigenvalue weighted by molar-refractivity contribution is -0.384. The van der Waals surface area contributed by atoms with Crippen molar-refractivity contribution in [1.82, 2.24) is 0 Å². The van der Waals surface area contributed by atoms with Crippen LogP contribution in [0.3, 0.4) is 0 Å². The van der Waals surface area contributed by atoms with Crippen LogP contribution in [0.4, 0.5) is 17.1 Å². The van der Waals surface area contributed by atoms with Crippen molar-refractivity contribution in [3.05, 3.63) is 104 Å². The van der Waals surface area contributed by atoms with Crippen molar-refractivity contribution in [2.45, 2.75) is 27.7 Å². The Kier molecular flexibility index (Phi) is 5.55. The SMILES string of the molecule is Cc1ccc(NC2=C(c3ccc([N+](=O)[O-])cc3)C(=O)N(c3cccc(C)c3C)C2=O)c(C)c1. The van der Waals surface area contributed by atoms with E-state index in [1.807, 2.05) is 52.0 Å². The predicted octanol–water partition coefficient (Wildman–Crippen LogP) is 5.23. The summed E-state index contributed by atoms with van der Waals surface area (Å²) in [6.07, 6.45) is 0. The van der Waals surface area contributed by atoms with Crippen molar-refractivity contribution in [2.24, 2.45) is 0 Å². The average molecular weight is 441 g/mol. The maximum atomic E-state index is 13.6. The molecule has 0 radical (unpaired) electrons. The summed E-state index contributed by atoms with van der Waals surface area (Å²) in [6.45, 7) is 7.69. The molecule has 0 fully saturated rings. The van der Waals surface area contributed by atoms with Crippen LogP contribution in [0.5, 0.6) is 0 Å². The lowest BCUT2D eigenvalue weighted by Crippen LogP contribution is -2.33. The molecule has 1 aliphatic rings. The van der Waals surface area contributed by atoms with Gasteiger partial charge in [-0.05, 0) is 74.2 Å². The Balaban J connectivity index is 1.86. The van der Waals surface area contributed by atoms with E-state index in [2.05, 4.69) is 5.32 Å². The van der Waals surface area contributed by atoms with E-state index in [4.69, 9.17) is 0 Å². The number of hydrogen-bond donors (Lipinski definition) is 1. The van der Waals surface area contributed by atoms with Crippen molar-refractivity contribution >= 4 is 34.4 Å². The third kappa shape index (κ3) is 3.89. The summed E-state index contributed by atoms with van der Waals surface area (Å²) in [4.78, 5) is 39.0. The summed E-state index contributed by atoms with van der Waals surface area (Å²) in [5, 5.41) is 14.2. The first-order valence-electron chi connectivity index (χ1n) is 10.5. The van der Waals surface area contributed by atoms with Crippen LogP contribution in [0.25, 0.3) is 5.57 Å². The van der Waals surface area contributed by atoms with E-state index in [1.54, 1.807) is 12.1 Å². The van der Waals surface area contributed by atoms with E-state index in [-0.39, 0.29) is 17.0 Å². The fourth-order valence-corrected chi connectivity index (χ4v) is 3.95. The van der Waals surface area contributed by atoms with Gasteiger partial charge >= 0.3 is 0 Å². The van der Waals surface area contributed by atoms with Crippen LogP contribution in [0, 0.1) is 37.8 Å². The number of hydrogen-bond acceptors (Lipinski definition) is 5. The number of amides is 2. The van der Waals surface area contributed by atoms with Gasteiger partial charge in [0.1, 0.15) is 5.70 Å². The Hall–Kier alpha value is -4.26. The van der Waals surface area contributed by atoms with Gasteiger partial charge in [-0.1, -0.05) is 29.8 Å². The molecular formula is C26H23N3O4. The van der Waals surface area contributed by atoms with Crippen LogP contribution in [0.15, 0.2) is 66.4 Å². The number of carbonyl (C=O) groups is 2. The molecule has 1 N–H and O–H groups in total. The van der Waals surface area contributed by atoms with E-state index in [0.717, 1.165) is 22.3 Å². The molecule has 7 nitrogen and oxygen atoms in total. The van der Waals surface area contributed by atoms with Crippen LogP contribution in [-0.4, -0.2) is 16.7 Å². The first-order valence-corrected chi connectivity index (χ1v) is 10.5. The summed E-state index contributed by atoms with van der Waals surface area (Å²) in [7, 11) is 0. The molecule has 7 heteroatoms. The van der Waals surface area contributed by atoms with E-state index in [9.17, 15) is 19.7 Å². The fraction of sp³-hybridized carbons (Fsp3) is 0.154. The third-order valence-corrected chi connectivity index (χ3v) is 5.91. The van der Waals surface area contributed by atoms with Gasteiger partial charge in [-0.15, -0.1) is 0 Å². The molecule has 0 unspecified atom stereocenters. The fourth-order valence-electron chi connectivity index (χ4n) is 3.95. The summed E-state index contributed by atoms with van der Waals surface area (Å²) in [5.74, 6) is -0.947. The maximum Gasteiger partial charge on any atom is 0.282 e. The second kappa shape index (κ2) is 8.35. The number of non-ortho nitro benzene ring substituents is 1. The molecule has 0 saturated heterocycles. The number of rotatable bonds is 5. The van der Waals surface area contributed by atoms with E-state index in [1.165, 1.54) is 29.2 Å². The molecule has 1 heterocycles. The van der Waals surface area contributed by atoms with Gasteiger partial charge in [0.25, 0.3) is 17.5 Å². The van der Waals surface area contributed by atoms with E-state index in [0.29, 0.717) is 16.9 Å². The molecule has 0 aromatic heterocycles. The second-order valence-electron chi connectivity index (χ2n) is 8.16. The average Bonchev–Trinajstić information content (AvgIpc) is 3.01. The number of nitro groups is 1. The van der Waals surface area contributed by atoms with Gasteiger partial charge in [0, 0.05) is 17.8 Å². The molecule has 0 spiro atoms.